The standard InChI is InChI=1S/C28H25N2O2P/c1-22(29-23-14-6-2-7-15-23)27(28(31)30-24-16-8-3-9-17-24)33(32,25-18-10-4-11-19-25)26-20-12-5-13-21-26/h2-21,29H,1H3,(H,30,31)/b27-22+. The highest BCUT2D eigenvalue weighted by molar-refractivity contribution is 7.83. The SMILES string of the molecule is C/C(Nc1ccccc1)=C(/C(=O)Nc1ccccc1)P(=O)(c1ccccc1)c1ccccc1. The lowest BCUT2D eigenvalue weighted by atomic mass is 10.3. The summed E-state index contributed by atoms with van der Waals surface area (Å²) in [5, 5.41) is 7.66. The Labute approximate surface area is 194 Å². The first-order valence-electron chi connectivity index (χ1n) is 10.7. The van der Waals surface area contributed by atoms with Crippen molar-refractivity contribution < 1.29 is 9.36 Å². The second-order valence-electron chi connectivity index (χ2n) is 7.57. The van der Waals surface area contributed by atoms with Gasteiger partial charge in [-0.3, -0.25) is 4.79 Å². The summed E-state index contributed by atoms with van der Waals surface area (Å²) in [6, 6.07) is 37.2. The summed E-state index contributed by atoms with van der Waals surface area (Å²) in [6.07, 6.45) is 0. The van der Waals surface area contributed by atoms with E-state index in [9.17, 15) is 4.79 Å². The van der Waals surface area contributed by atoms with E-state index in [1.54, 1.807) is 6.92 Å². The van der Waals surface area contributed by atoms with Crippen LogP contribution in [-0.2, 0) is 9.36 Å². The molecule has 1 amide bonds. The molecular weight excluding hydrogens is 427 g/mol. The highest BCUT2D eigenvalue weighted by Gasteiger charge is 2.38. The fraction of sp³-hybridized carbons (Fsp3) is 0.0357. The zero-order chi connectivity index (χ0) is 23.1. The molecular formula is C28H25N2O2P. The van der Waals surface area contributed by atoms with E-state index in [2.05, 4.69) is 10.6 Å². The third kappa shape index (κ3) is 4.97. The number of nitrogens with one attached hydrogen (secondary N) is 2. The minimum Gasteiger partial charge on any atom is -0.358 e. The second-order valence-corrected chi connectivity index (χ2v) is 10.3. The van der Waals surface area contributed by atoms with E-state index < -0.39 is 13.0 Å². The largest absolute Gasteiger partial charge is 0.358 e. The molecule has 4 aromatic rings. The summed E-state index contributed by atoms with van der Waals surface area (Å²) < 4.78 is 15.0. The van der Waals surface area contributed by atoms with Gasteiger partial charge in [-0.25, -0.2) is 0 Å². The van der Waals surface area contributed by atoms with Crippen molar-refractivity contribution in [1.29, 1.82) is 0 Å². The van der Waals surface area contributed by atoms with Crippen molar-refractivity contribution in [3.63, 3.8) is 0 Å². The molecule has 0 unspecified atom stereocenters. The third-order valence-electron chi connectivity index (χ3n) is 5.26. The van der Waals surface area contributed by atoms with E-state index in [4.69, 9.17) is 0 Å². The number of carbonyl (C=O) groups is 1. The molecule has 0 spiro atoms. The third-order valence-corrected chi connectivity index (χ3v) is 8.48. The molecule has 164 valence electrons. The van der Waals surface area contributed by atoms with Crippen molar-refractivity contribution in [3.8, 4) is 0 Å². The molecule has 2 N–H and O–H groups in total. The van der Waals surface area contributed by atoms with Crippen LogP contribution in [0, 0.1) is 0 Å². The summed E-state index contributed by atoms with van der Waals surface area (Å²) in [5.41, 5.74) is 1.98. The summed E-state index contributed by atoms with van der Waals surface area (Å²) in [4.78, 5) is 13.8. The van der Waals surface area contributed by atoms with Crippen LogP contribution in [0.3, 0.4) is 0 Å². The fourth-order valence-electron chi connectivity index (χ4n) is 3.74. The maximum Gasteiger partial charge on any atom is 0.261 e. The van der Waals surface area contributed by atoms with Crippen LogP contribution in [-0.4, -0.2) is 5.91 Å². The first kappa shape index (κ1) is 22.3. The molecule has 0 aliphatic rings. The Bertz CT molecular complexity index is 1250. The van der Waals surface area contributed by atoms with Crippen molar-refractivity contribution in [1.82, 2.24) is 0 Å². The quantitative estimate of drug-likeness (QED) is 0.268. The van der Waals surface area contributed by atoms with Gasteiger partial charge in [0.05, 0.1) is 0 Å². The zero-order valence-electron chi connectivity index (χ0n) is 18.3. The van der Waals surface area contributed by atoms with E-state index in [1.165, 1.54) is 0 Å². The van der Waals surface area contributed by atoms with E-state index in [0.29, 0.717) is 22.0 Å². The van der Waals surface area contributed by atoms with E-state index in [1.807, 2.05) is 121 Å². The minimum absolute atomic E-state index is 0.215. The average molecular weight is 452 g/mol. The van der Waals surface area contributed by atoms with Crippen LogP contribution in [0.15, 0.2) is 132 Å². The Hall–Kier alpha value is -3.88. The predicted octanol–water partition coefficient (Wildman–Crippen LogP) is 5.98. The summed E-state index contributed by atoms with van der Waals surface area (Å²) in [6.45, 7) is 1.80. The Morgan fingerprint density at radius 1 is 0.576 bits per heavy atom. The zero-order valence-corrected chi connectivity index (χ0v) is 19.2. The fourth-order valence-corrected chi connectivity index (χ4v) is 6.61. The lowest BCUT2D eigenvalue weighted by molar-refractivity contribution is -0.112. The molecule has 0 saturated carbocycles. The molecule has 0 heterocycles. The van der Waals surface area contributed by atoms with Crippen LogP contribution in [0.5, 0.6) is 0 Å². The first-order chi connectivity index (χ1) is 16.1. The Balaban J connectivity index is 1.91. The molecule has 5 heteroatoms. The van der Waals surface area contributed by atoms with Crippen LogP contribution >= 0.6 is 7.14 Å². The van der Waals surface area contributed by atoms with Gasteiger partial charge >= 0.3 is 0 Å². The van der Waals surface area contributed by atoms with Crippen molar-refractivity contribution in [2.24, 2.45) is 0 Å². The van der Waals surface area contributed by atoms with Crippen LogP contribution in [0.1, 0.15) is 6.92 Å². The molecule has 0 atom stereocenters. The number of anilines is 2. The molecule has 0 aliphatic heterocycles. The normalized spacial score (nSPS) is 11.9. The molecule has 4 nitrogen and oxygen atoms in total. The van der Waals surface area contributed by atoms with Crippen molar-refractivity contribution in [2.45, 2.75) is 6.92 Å². The molecule has 4 aromatic carbocycles. The van der Waals surface area contributed by atoms with E-state index >= 15 is 4.57 Å². The molecule has 0 saturated heterocycles. The van der Waals surface area contributed by atoms with Crippen LogP contribution in [0.25, 0.3) is 0 Å². The van der Waals surface area contributed by atoms with Gasteiger partial charge in [0.25, 0.3) is 5.91 Å². The summed E-state index contributed by atoms with van der Waals surface area (Å²) >= 11 is 0. The molecule has 0 radical (unpaired) electrons. The Morgan fingerprint density at radius 2 is 0.939 bits per heavy atom. The number of hydrogen-bond acceptors (Lipinski definition) is 3. The minimum atomic E-state index is -3.52. The van der Waals surface area contributed by atoms with Gasteiger partial charge in [0, 0.05) is 27.7 Å². The monoisotopic (exact) mass is 452 g/mol. The number of hydrogen-bond donors (Lipinski definition) is 2. The summed E-state index contributed by atoms with van der Waals surface area (Å²) in [5.74, 6) is -0.404. The topological polar surface area (TPSA) is 58.2 Å². The first-order valence-corrected chi connectivity index (χ1v) is 12.4. The van der Waals surface area contributed by atoms with Gasteiger partial charge in [-0.05, 0) is 31.2 Å². The molecule has 0 aliphatic carbocycles. The smallest absolute Gasteiger partial charge is 0.261 e. The lowest BCUT2D eigenvalue weighted by Crippen LogP contribution is -2.26. The van der Waals surface area contributed by atoms with Gasteiger partial charge in [-0.1, -0.05) is 97.1 Å². The lowest BCUT2D eigenvalue weighted by Gasteiger charge is -2.25. The maximum atomic E-state index is 15.0. The molecule has 0 aromatic heterocycles. The van der Waals surface area contributed by atoms with Gasteiger partial charge in [0.15, 0.2) is 7.14 Å². The number of benzene rings is 4. The number of carbonyl (C=O) groups excluding carboxylic acids is 1. The van der Waals surface area contributed by atoms with Crippen LogP contribution in [0.4, 0.5) is 11.4 Å². The van der Waals surface area contributed by atoms with E-state index in [-0.39, 0.29) is 5.31 Å². The average Bonchev–Trinajstić information content (AvgIpc) is 2.86. The van der Waals surface area contributed by atoms with Gasteiger partial charge in [0.1, 0.15) is 5.31 Å². The van der Waals surface area contributed by atoms with Crippen molar-refractivity contribution >= 4 is 35.0 Å². The molecule has 0 fully saturated rings. The molecule has 33 heavy (non-hydrogen) atoms. The van der Waals surface area contributed by atoms with Crippen LogP contribution < -0.4 is 21.2 Å². The van der Waals surface area contributed by atoms with Gasteiger partial charge in [0.2, 0.25) is 0 Å². The number of rotatable bonds is 7. The molecule has 4 rings (SSSR count). The highest BCUT2D eigenvalue weighted by atomic mass is 31.2. The number of amides is 1. The Morgan fingerprint density at radius 3 is 1.36 bits per heavy atom. The predicted molar refractivity (Wildman–Crippen MR) is 138 cm³/mol. The van der Waals surface area contributed by atoms with Crippen LogP contribution in [0.2, 0.25) is 0 Å². The van der Waals surface area contributed by atoms with E-state index in [0.717, 1.165) is 5.69 Å². The van der Waals surface area contributed by atoms with Crippen molar-refractivity contribution in [2.75, 3.05) is 10.6 Å². The number of allylic oxidation sites excluding steroid dienone is 1. The Kier molecular flexibility index (Phi) is 6.87. The van der Waals surface area contributed by atoms with Gasteiger partial charge < -0.3 is 15.2 Å². The maximum absolute atomic E-state index is 15.0. The second kappa shape index (κ2) is 10.2. The van der Waals surface area contributed by atoms with Gasteiger partial charge in [-0.15, -0.1) is 0 Å². The molecule has 0 bridgehead atoms. The van der Waals surface area contributed by atoms with Crippen molar-refractivity contribution in [3.05, 3.63) is 132 Å². The highest BCUT2D eigenvalue weighted by Crippen LogP contribution is 2.53. The van der Waals surface area contributed by atoms with Gasteiger partial charge in [-0.2, -0.15) is 0 Å². The number of para-hydroxylation sites is 2. The summed E-state index contributed by atoms with van der Waals surface area (Å²) in [7, 11) is -3.52.